The highest BCUT2D eigenvalue weighted by Crippen LogP contribution is 2.34. The molecule has 1 fully saturated rings. The van der Waals surface area contributed by atoms with E-state index in [2.05, 4.69) is 31.3 Å². The molecule has 2 aromatic rings. The van der Waals surface area contributed by atoms with Gasteiger partial charge >= 0.3 is 0 Å². The quantitative estimate of drug-likeness (QED) is 0.831. The predicted molar refractivity (Wildman–Crippen MR) is 106 cm³/mol. The summed E-state index contributed by atoms with van der Waals surface area (Å²) in [5.74, 6) is 1.87. The Morgan fingerprint density at radius 2 is 1.64 bits per heavy atom. The van der Waals surface area contributed by atoms with Crippen LogP contribution >= 0.6 is 0 Å². The molecule has 1 saturated heterocycles. The van der Waals surface area contributed by atoms with Crippen LogP contribution in [0.1, 0.15) is 36.9 Å². The molecule has 6 heteroatoms. The number of anilines is 1. The fraction of sp³-hybridized carbons (Fsp3) is 0.409. The fourth-order valence-electron chi connectivity index (χ4n) is 3.75. The Kier molecular flexibility index (Phi) is 5.50. The standard InChI is InChI=1S/C22H26N2O4/c1-15(2)16-3-6-18(7-4-16)23-22(25)21(24-9-11-26-12-10-24)17-5-8-19-20(13-17)28-14-27-19/h3-8,13,15,21H,9-12,14H2,1-2H3,(H,23,25)/p+1. The zero-order chi connectivity index (χ0) is 19.5. The van der Waals surface area contributed by atoms with E-state index < -0.39 is 0 Å². The van der Waals surface area contributed by atoms with Crippen molar-refractivity contribution >= 4 is 11.6 Å². The highest BCUT2D eigenvalue weighted by molar-refractivity contribution is 5.94. The lowest BCUT2D eigenvalue weighted by atomic mass is 10.0. The molecule has 1 atom stereocenters. The summed E-state index contributed by atoms with van der Waals surface area (Å²) in [6.07, 6.45) is 0. The second kappa shape index (κ2) is 8.20. The van der Waals surface area contributed by atoms with Crippen molar-refractivity contribution in [2.75, 3.05) is 38.4 Å². The number of benzene rings is 2. The van der Waals surface area contributed by atoms with Crippen LogP contribution in [0.5, 0.6) is 11.5 Å². The van der Waals surface area contributed by atoms with Crippen molar-refractivity contribution in [2.24, 2.45) is 0 Å². The molecule has 1 unspecified atom stereocenters. The van der Waals surface area contributed by atoms with E-state index in [1.165, 1.54) is 10.5 Å². The Morgan fingerprint density at radius 3 is 2.36 bits per heavy atom. The molecule has 6 nitrogen and oxygen atoms in total. The molecular formula is C22H27N2O4+. The van der Waals surface area contributed by atoms with Crippen LogP contribution < -0.4 is 19.7 Å². The SMILES string of the molecule is CC(C)c1ccc(NC(=O)C(c2ccc3c(c2)OCO3)[NH+]2CCOCC2)cc1. The summed E-state index contributed by atoms with van der Waals surface area (Å²) in [5, 5.41) is 3.10. The van der Waals surface area contributed by atoms with Crippen LogP contribution in [0.25, 0.3) is 0 Å². The molecule has 2 aliphatic heterocycles. The second-order valence-corrected chi connectivity index (χ2v) is 7.58. The van der Waals surface area contributed by atoms with Crippen molar-refractivity contribution < 1.29 is 23.9 Å². The summed E-state index contributed by atoms with van der Waals surface area (Å²) in [5.41, 5.74) is 2.99. The Labute approximate surface area is 165 Å². The van der Waals surface area contributed by atoms with E-state index in [1.807, 2.05) is 30.3 Å². The van der Waals surface area contributed by atoms with Gasteiger partial charge in [0.15, 0.2) is 17.5 Å². The van der Waals surface area contributed by atoms with Gasteiger partial charge in [0.1, 0.15) is 13.1 Å². The first kappa shape index (κ1) is 18.8. The number of nitrogens with one attached hydrogen (secondary N) is 2. The molecule has 0 aromatic heterocycles. The maximum Gasteiger partial charge on any atom is 0.287 e. The zero-order valence-electron chi connectivity index (χ0n) is 16.4. The molecule has 28 heavy (non-hydrogen) atoms. The maximum atomic E-state index is 13.3. The van der Waals surface area contributed by atoms with Crippen LogP contribution in [0.2, 0.25) is 0 Å². The Bertz CT molecular complexity index is 829. The van der Waals surface area contributed by atoms with Gasteiger partial charge in [0.05, 0.1) is 13.2 Å². The Balaban J connectivity index is 1.58. The topological polar surface area (TPSA) is 61.2 Å². The average molecular weight is 383 g/mol. The lowest BCUT2D eigenvalue weighted by molar-refractivity contribution is -0.929. The van der Waals surface area contributed by atoms with E-state index in [0.717, 1.165) is 30.1 Å². The molecule has 0 aliphatic carbocycles. The van der Waals surface area contributed by atoms with Crippen molar-refractivity contribution in [2.45, 2.75) is 25.8 Å². The van der Waals surface area contributed by atoms with Crippen molar-refractivity contribution in [1.82, 2.24) is 0 Å². The van der Waals surface area contributed by atoms with E-state index in [4.69, 9.17) is 14.2 Å². The molecule has 2 heterocycles. The summed E-state index contributed by atoms with van der Waals surface area (Å²) >= 11 is 0. The van der Waals surface area contributed by atoms with Gasteiger partial charge in [-0.05, 0) is 41.8 Å². The first-order valence-electron chi connectivity index (χ1n) is 9.84. The second-order valence-electron chi connectivity index (χ2n) is 7.58. The molecule has 0 bridgehead atoms. The van der Waals surface area contributed by atoms with Crippen molar-refractivity contribution in [3.8, 4) is 11.5 Å². The number of carbonyl (C=O) groups is 1. The number of morpholine rings is 1. The Hall–Kier alpha value is -2.57. The number of quaternary nitrogens is 1. The number of ether oxygens (including phenoxy) is 3. The first-order valence-corrected chi connectivity index (χ1v) is 9.84. The van der Waals surface area contributed by atoms with Gasteiger partial charge in [-0.25, -0.2) is 0 Å². The maximum absolute atomic E-state index is 13.3. The predicted octanol–water partition coefficient (Wildman–Crippen LogP) is 2.13. The van der Waals surface area contributed by atoms with Crippen LogP contribution in [0, 0.1) is 0 Å². The van der Waals surface area contributed by atoms with E-state index in [9.17, 15) is 4.79 Å². The molecule has 2 aromatic carbocycles. The van der Waals surface area contributed by atoms with Gasteiger partial charge in [-0.1, -0.05) is 26.0 Å². The van der Waals surface area contributed by atoms with Crippen molar-refractivity contribution in [3.63, 3.8) is 0 Å². The molecule has 1 amide bonds. The molecule has 4 rings (SSSR count). The van der Waals surface area contributed by atoms with E-state index >= 15 is 0 Å². The van der Waals surface area contributed by atoms with Crippen LogP contribution in [0.4, 0.5) is 5.69 Å². The molecule has 2 aliphatic rings. The smallest absolute Gasteiger partial charge is 0.287 e. The van der Waals surface area contributed by atoms with Gasteiger partial charge in [0, 0.05) is 11.3 Å². The third kappa shape index (κ3) is 3.98. The molecule has 0 spiro atoms. The number of hydrogen-bond donors (Lipinski definition) is 2. The summed E-state index contributed by atoms with van der Waals surface area (Å²) in [7, 11) is 0. The number of carbonyl (C=O) groups excluding carboxylic acids is 1. The number of rotatable bonds is 5. The van der Waals surface area contributed by atoms with Crippen LogP contribution in [0.3, 0.4) is 0 Å². The van der Waals surface area contributed by atoms with Gasteiger partial charge in [0.2, 0.25) is 6.79 Å². The Morgan fingerprint density at radius 1 is 0.964 bits per heavy atom. The van der Waals surface area contributed by atoms with Crippen LogP contribution in [-0.4, -0.2) is 39.0 Å². The highest BCUT2D eigenvalue weighted by atomic mass is 16.7. The number of fused-ring (bicyclic) bond motifs is 1. The summed E-state index contributed by atoms with van der Waals surface area (Å²) in [4.78, 5) is 14.5. The van der Waals surface area contributed by atoms with Gasteiger partial charge in [0.25, 0.3) is 5.91 Å². The molecular weight excluding hydrogens is 356 g/mol. The minimum atomic E-state index is -0.330. The zero-order valence-corrected chi connectivity index (χ0v) is 16.4. The van der Waals surface area contributed by atoms with Crippen LogP contribution in [0.15, 0.2) is 42.5 Å². The molecule has 148 valence electrons. The lowest BCUT2D eigenvalue weighted by Gasteiger charge is -2.31. The monoisotopic (exact) mass is 383 g/mol. The van der Waals surface area contributed by atoms with Gasteiger partial charge in [-0.15, -0.1) is 0 Å². The number of hydrogen-bond acceptors (Lipinski definition) is 4. The summed E-state index contributed by atoms with van der Waals surface area (Å²) in [6, 6.07) is 13.5. The number of amides is 1. The van der Waals surface area contributed by atoms with Crippen molar-refractivity contribution in [1.29, 1.82) is 0 Å². The van der Waals surface area contributed by atoms with Gasteiger partial charge < -0.3 is 24.4 Å². The molecule has 2 N–H and O–H groups in total. The van der Waals surface area contributed by atoms with Crippen molar-refractivity contribution in [3.05, 3.63) is 53.6 Å². The fourth-order valence-corrected chi connectivity index (χ4v) is 3.75. The van der Waals surface area contributed by atoms with Crippen LogP contribution in [-0.2, 0) is 9.53 Å². The first-order chi connectivity index (χ1) is 13.6. The molecule has 0 saturated carbocycles. The van der Waals surface area contributed by atoms with E-state index in [-0.39, 0.29) is 18.7 Å². The van der Waals surface area contributed by atoms with E-state index in [1.54, 1.807) is 0 Å². The third-order valence-corrected chi connectivity index (χ3v) is 5.38. The summed E-state index contributed by atoms with van der Waals surface area (Å²) < 4.78 is 16.4. The van der Waals surface area contributed by atoms with E-state index in [0.29, 0.717) is 24.9 Å². The average Bonchev–Trinajstić information content (AvgIpc) is 3.17. The third-order valence-electron chi connectivity index (χ3n) is 5.38. The highest BCUT2D eigenvalue weighted by Gasteiger charge is 2.34. The minimum Gasteiger partial charge on any atom is -0.454 e. The molecule has 0 radical (unpaired) electrons. The largest absolute Gasteiger partial charge is 0.454 e. The summed E-state index contributed by atoms with van der Waals surface area (Å²) in [6.45, 7) is 7.44. The van der Waals surface area contributed by atoms with Gasteiger partial charge in [-0.2, -0.15) is 0 Å². The minimum absolute atomic E-state index is 0.0203. The van der Waals surface area contributed by atoms with Gasteiger partial charge in [-0.3, -0.25) is 4.79 Å². The lowest BCUT2D eigenvalue weighted by Crippen LogP contribution is -3.15. The normalized spacial score (nSPS) is 17.5.